The summed E-state index contributed by atoms with van der Waals surface area (Å²) in [6.07, 6.45) is 21.2. The fraction of sp³-hybridized carbons (Fsp3) is 0.952. The molecule has 0 bridgehead atoms. The van der Waals surface area contributed by atoms with E-state index in [4.69, 9.17) is 4.74 Å². The van der Waals surface area contributed by atoms with Crippen LogP contribution in [0.3, 0.4) is 0 Å². The van der Waals surface area contributed by atoms with E-state index in [1.807, 2.05) is 6.92 Å². The molecular weight excluding hydrogens is 284 g/mol. The van der Waals surface area contributed by atoms with E-state index in [9.17, 15) is 4.79 Å². The Bertz CT molecular complexity index is 238. The second-order valence-corrected chi connectivity index (χ2v) is 6.88. The summed E-state index contributed by atoms with van der Waals surface area (Å²) in [6.45, 7) is 5.17. The van der Waals surface area contributed by atoms with Crippen molar-refractivity contribution in [2.45, 2.75) is 117 Å². The van der Waals surface area contributed by atoms with Gasteiger partial charge in [-0.05, 0) is 13.3 Å². The van der Waals surface area contributed by atoms with Gasteiger partial charge in [0.2, 0.25) is 0 Å². The number of carbonyl (C=O) groups excluding carboxylic acids is 1. The van der Waals surface area contributed by atoms with Crippen LogP contribution in [-0.4, -0.2) is 19.0 Å². The third-order valence-electron chi connectivity index (χ3n) is 4.53. The van der Waals surface area contributed by atoms with Crippen molar-refractivity contribution < 1.29 is 9.53 Å². The van der Waals surface area contributed by atoms with Gasteiger partial charge in [0.05, 0.1) is 0 Å². The molecule has 0 radical (unpaired) electrons. The molecule has 0 aliphatic carbocycles. The Hall–Kier alpha value is -0.370. The van der Waals surface area contributed by atoms with Crippen LogP contribution in [0.2, 0.25) is 0 Å². The maximum atomic E-state index is 11.4. The summed E-state index contributed by atoms with van der Waals surface area (Å²) in [5.74, 6) is 0.265. The molecule has 0 unspecified atom stereocenters. The fourth-order valence-corrected chi connectivity index (χ4v) is 2.98. The number of ketones is 1. The van der Waals surface area contributed by atoms with Crippen LogP contribution in [-0.2, 0) is 9.53 Å². The topological polar surface area (TPSA) is 26.3 Å². The van der Waals surface area contributed by atoms with Crippen molar-refractivity contribution in [1.29, 1.82) is 0 Å². The van der Waals surface area contributed by atoms with Gasteiger partial charge in [0, 0.05) is 13.0 Å². The van der Waals surface area contributed by atoms with E-state index in [2.05, 4.69) is 6.92 Å². The van der Waals surface area contributed by atoms with Crippen LogP contribution in [0.15, 0.2) is 0 Å². The minimum atomic E-state index is 0.265. The molecule has 0 fully saturated rings. The molecule has 0 spiro atoms. The highest BCUT2D eigenvalue weighted by atomic mass is 16.5. The molecule has 0 aromatic carbocycles. The molecule has 0 aliphatic heterocycles. The zero-order valence-electron chi connectivity index (χ0n) is 16.0. The van der Waals surface area contributed by atoms with E-state index in [1.165, 1.54) is 89.9 Å². The van der Waals surface area contributed by atoms with E-state index < -0.39 is 0 Å². The van der Waals surface area contributed by atoms with Gasteiger partial charge in [0.1, 0.15) is 6.61 Å². The number of ether oxygens (including phenoxy) is 1. The Morgan fingerprint density at radius 1 is 0.609 bits per heavy atom. The van der Waals surface area contributed by atoms with Crippen LogP contribution in [0.5, 0.6) is 0 Å². The second-order valence-electron chi connectivity index (χ2n) is 6.88. The fourth-order valence-electron chi connectivity index (χ4n) is 2.98. The summed E-state index contributed by atoms with van der Waals surface area (Å²) in [6, 6.07) is 0. The molecular formula is C21H42O2. The highest BCUT2D eigenvalue weighted by Crippen LogP contribution is 2.13. The zero-order chi connectivity index (χ0) is 17.0. The van der Waals surface area contributed by atoms with Crippen molar-refractivity contribution in [1.82, 2.24) is 0 Å². The standard InChI is InChI=1S/C21H42O2/c1-3-5-6-7-8-9-10-11-12-13-14-15-16-17-18-19-21(22)20-23-4-2/h3-20H2,1-2H3. The average Bonchev–Trinajstić information content (AvgIpc) is 2.56. The van der Waals surface area contributed by atoms with Crippen LogP contribution in [0.4, 0.5) is 0 Å². The van der Waals surface area contributed by atoms with Crippen molar-refractivity contribution in [3.05, 3.63) is 0 Å². The van der Waals surface area contributed by atoms with E-state index in [1.54, 1.807) is 0 Å². The van der Waals surface area contributed by atoms with Crippen molar-refractivity contribution >= 4 is 5.78 Å². The number of unbranched alkanes of at least 4 members (excludes halogenated alkanes) is 14. The third kappa shape index (κ3) is 19.6. The summed E-state index contributed by atoms with van der Waals surface area (Å²) in [5.41, 5.74) is 0. The van der Waals surface area contributed by atoms with Gasteiger partial charge in [-0.15, -0.1) is 0 Å². The summed E-state index contributed by atoms with van der Waals surface area (Å²) >= 11 is 0. The largest absolute Gasteiger partial charge is 0.374 e. The first-order chi connectivity index (χ1) is 11.3. The maximum Gasteiger partial charge on any atom is 0.158 e. The lowest BCUT2D eigenvalue weighted by Gasteiger charge is -2.03. The Balaban J connectivity index is 3.04. The summed E-state index contributed by atoms with van der Waals surface area (Å²) in [5, 5.41) is 0. The van der Waals surface area contributed by atoms with Crippen molar-refractivity contribution in [3.63, 3.8) is 0 Å². The molecule has 138 valence electrons. The molecule has 0 heterocycles. The van der Waals surface area contributed by atoms with Gasteiger partial charge in [0.15, 0.2) is 5.78 Å². The summed E-state index contributed by atoms with van der Waals surface area (Å²) in [7, 11) is 0. The zero-order valence-corrected chi connectivity index (χ0v) is 16.0. The quantitative estimate of drug-likeness (QED) is 0.242. The number of hydrogen-bond donors (Lipinski definition) is 0. The van der Waals surface area contributed by atoms with E-state index in [0.717, 1.165) is 6.42 Å². The third-order valence-corrected chi connectivity index (χ3v) is 4.53. The maximum absolute atomic E-state index is 11.4. The minimum absolute atomic E-state index is 0.265. The molecule has 2 nitrogen and oxygen atoms in total. The molecule has 2 heteroatoms. The first-order valence-electron chi connectivity index (χ1n) is 10.4. The molecule has 0 N–H and O–H groups in total. The van der Waals surface area contributed by atoms with E-state index in [-0.39, 0.29) is 5.78 Å². The lowest BCUT2D eigenvalue weighted by atomic mass is 10.0. The van der Waals surface area contributed by atoms with Crippen LogP contribution in [0.25, 0.3) is 0 Å². The Morgan fingerprint density at radius 3 is 1.39 bits per heavy atom. The predicted octanol–water partition coefficient (Wildman–Crippen LogP) is 6.85. The second kappa shape index (κ2) is 19.7. The summed E-state index contributed by atoms with van der Waals surface area (Å²) in [4.78, 5) is 11.4. The lowest BCUT2D eigenvalue weighted by Crippen LogP contribution is -2.07. The van der Waals surface area contributed by atoms with Gasteiger partial charge in [0.25, 0.3) is 0 Å². The van der Waals surface area contributed by atoms with Crippen molar-refractivity contribution in [2.24, 2.45) is 0 Å². The van der Waals surface area contributed by atoms with Gasteiger partial charge >= 0.3 is 0 Å². The average molecular weight is 327 g/mol. The van der Waals surface area contributed by atoms with Gasteiger partial charge in [-0.25, -0.2) is 0 Å². The van der Waals surface area contributed by atoms with E-state index >= 15 is 0 Å². The van der Waals surface area contributed by atoms with E-state index in [0.29, 0.717) is 19.6 Å². The molecule has 0 rings (SSSR count). The van der Waals surface area contributed by atoms with Crippen LogP contribution in [0.1, 0.15) is 117 Å². The highest BCUT2D eigenvalue weighted by molar-refractivity contribution is 5.79. The first-order valence-corrected chi connectivity index (χ1v) is 10.4. The summed E-state index contributed by atoms with van der Waals surface area (Å²) < 4.78 is 5.12. The van der Waals surface area contributed by atoms with Crippen LogP contribution < -0.4 is 0 Å². The van der Waals surface area contributed by atoms with Crippen molar-refractivity contribution in [2.75, 3.05) is 13.2 Å². The smallest absolute Gasteiger partial charge is 0.158 e. The van der Waals surface area contributed by atoms with Crippen LogP contribution >= 0.6 is 0 Å². The molecule has 0 amide bonds. The molecule has 0 aromatic heterocycles. The van der Waals surface area contributed by atoms with Crippen molar-refractivity contribution in [3.8, 4) is 0 Å². The van der Waals surface area contributed by atoms with Gasteiger partial charge in [-0.2, -0.15) is 0 Å². The molecule has 0 saturated carbocycles. The lowest BCUT2D eigenvalue weighted by molar-refractivity contribution is -0.123. The first kappa shape index (κ1) is 22.6. The Labute approximate surface area is 145 Å². The molecule has 0 atom stereocenters. The SMILES string of the molecule is CCCCCCCCCCCCCCCCCC(=O)COCC. The minimum Gasteiger partial charge on any atom is -0.374 e. The number of hydrogen-bond acceptors (Lipinski definition) is 2. The predicted molar refractivity (Wildman–Crippen MR) is 101 cm³/mol. The normalized spacial score (nSPS) is 11.0. The Kier molecular flexibility index (Phi) is 19.4. The highest BCUT2D eigenvalue weighted by Gasteiger charge is 2.01. The van der Waals surface area contributed by atoms with Gasteiger partial charge < -0.3 is 4.74 Å². The molecule has 23 heavy (non-hydrogen) atoms. The molecule has 0 saturated heterocycles. The molecule has 0 aromatic rings. The monoisotopic (exact) mass is 326 g/mol. The molecule has 0 aliphatic rings. The number of rotatable bonds is 19. The number of carbonyl (C=O) groups is 1. The van der Waals surface area contributed by atoms with Crippen LogP contribution in [0, 0.1) is 0 Å². The van der Waals surface area contributed by atoms with Gasteiger partial charge in [-0.3, -0.25) is 4.79 Å². The number of Topliss-reactive ketones (excluding diaryl/α,β-unsaturated/α-hetero) is 1. The van der Waals surface area contributed by atoms with Gasteiger partial charge in [-0.1, -0.05) is 96.8 Å². The Morgan fingerprint density at radius 2 is 1.00 bits per heavy atom.